The molecule has 4 aromatic carbocycles. The smallest absolute Gasteiger partial charge is 0.222 e. The minimum atomic E-state index is -5.81. The lowest BCUT2D eigenvalue weighted by molar-refractivity contribution is -0.432. The molecule has 0 amide bonds. The molecule has 0 aliphatic carbocycles. The number of alkyl halides is 5. The summed E-state index contributed by atoms with van der Waals surface area (Å²) in [6.07, 6.45) is -5.17. The number of benzene rings is 4. The van der Waals surface area contributed by atoms with Gasteiger partial charge in [0.2, 0.25) is 0 Å². The number of hydrogen-bond donors (Lipinski definition) is 0. The van der Waals surface area contributed by atoms with Crippen LogP contribution >= 0.6 is 0 Å². The highest BCUT2D eigenvalue weighted by atomic mass is 19.4. The van der Waals surface area contributed by atoms with Crippen molar-refractivity contribution in [2.45, 2.75) is 45.1 Å². The molecule has 4 aromatic rings. The van der Waals surface area contributed by atoms with E-state index in [1.807, 2.05) is 37.3 Å². The van der Waals surface area contributed by atoms with Gasteiger partial charge in [-0.2, -0.15) is 8.78 Å². The number of ether oxygens (including phenoxy) is 1. The number of halogens is 8. The standard InChI is InChI=1S/C33H26F8O/c1-2-3-4-5-21-6-9-23(10-7-21)24-12-14-25(15-13-24)27-17-16-26(28(34)20-27)11-8-22-18-29(35)31(30(36)19-22)32(37,38)42-33(39,40)41/h2-3,6-7,9-10,12-20H,4-5,8,11H2,1H3. The summed E-state index contributed by atoms with van der Waals surface area (Å²) >= 11 is 0. The van der Waals surface area contributed by atoms with Gasteiger partial charge in [0.1, 0.15) is 23.0 Å². The van der Waals surface area contributed by atoms with Gasteiger partial charge < -0.3 is 0 Å². The second-order valence-electron chi connectivity index (χ2n) is 9.69. The number of hydrogen-bond acceptors (Lipinski definition) is 1. The molecule has 0 unspecified atom stereocenters. The maximum Gasteiger partial charge on any atom is 0.527 e. The largest absolute Gasteiger partial charge is 0.527 e. The molecule has 0 heterocycles. The maximum atomic E-state index is 14.9. The van der Waals surface area contributed by atoms with E-state index in [1.165, 1.54) is 17.7 Å². The van der Waals surface area contributed by atoms with Crippen molar-refractivity contribution in [2.75, 3.05) is 0 Å². The highest BCUT2D eigenvalue weighted by Crippen LogP contribution is 2.39. The molecule has 220 valence electrons. The Morgan fingerprint density at radius 1 is 0.595 bits per heavy atom. The quantitative estimate of drug-likeness (QED) is 0.132. The summed E-state index contributed by atoms with van der Waals surface area (Å²) in [5.74, 6) is -4.38. The van der Waals surface area contributed by atoms with Gasteiger partial charge in [-0.25, -0.2) is 17.9 Å². The van der Waals surface area contributed by atoms with E-state index in [0.717, 1.165) is 29.5 Å². The zero-order chi connectivity index (χ0) is 30.5. The summed E-state index contributed by atoms with van der Waals surface area (Å²) in [5.41, 5.74) is 2.60. The molecule has 0 radical (unpaired) electrons. The molecule has 0 fully saturated rings. The van der Waals surface area contributed by atoms with Crippen molar-refractivity contribution in [1.82, 2.24) is 0 Å². The number of rotatable bonds is 10. The molecule has 0 N–H and O–H groups in total. The third kappa shape index (κ3) is 7.85. The normalized spacial score (nSPS) is 12.3. The molecule has 0 atom stereocenters. The Labute approximate surface area is 238 Å². The Kier molecular flexibility index (Phi) is 9.51. The summed E-state index contributed by atoms with van der Waals surface area (Å²) in [5, 5.41) is 0. The zero-order valence-corrected chi connectivity index (χ0v) is 22.4. The molecular weight excluding hydrogens is 564 g/mol. The fourth-order valence-corrected chi connectivity index (χ4v) is 4.59. The van der Waals surface area contributed by atoms with Gasteiger partial charge in [0.15, 0.2) is 0 Å². The predicted octanol–water partition coefficient (Wildman–Crippen LogP) is 10.3. The molecule has 0 bridgehead atoms. The Morgan fingerprint density at radius 3 is 1.64 bits per heavy atom. The highest BCUT2D eigenvalue weighted by molar-refractivity contribution is 5.70. The van der Waals surface area contributed by atoms with Crippen molar-refractivity contribution >= 4 is 0 Å². The van der Waals surface area contributed by atoms with Crippen LogP contribution in [0.2, 0.25) is 0 Å². The SMILES string of the molecule is CC=CCCc1ccc(-c2ccc(-c3ccc(CCc4cc(F)c(C(F)(F)OC(F)(F)F)c(F)c4)c(F)c3)cc2)cc1. The molecule has 0 aliphatic rings. The summed E-state index contributed by atoms with van der Waals surface area (Å²) in [6, 6.07) is 21.4. The van der Waals surface area contributed by atoms with E-state index in [-0.39, 0.29) is 24.0 Å². The van der Waals surface area contributed by atoms with Gasteiger partial charge in [0.25, 0.3) is 0 Å². The van der Waals surface area contributed by atoms with Gasteiger partial charge in [0.05, 0.1) is 0 Å². The molecule has 0 spiro atoms. The van der Waals surface area contributed by atoms with E-state index in [9.17, 15) is 35.1 Å². The predicted molar refractivity (Wildman–Crippen MR) is 145 cm³/mol. The minimum absolute atomic E-state index is 0.0382. The second-order valence-corrected chi connectivity index (χ2v) is 9.69. The van der Waals surface area contributed by atoms with Crippen molar-refractivity contribution in [3.05, 3.63) is 131 Å². The van der Waals surface area contributed by atoms with Crippen LogP contribution in [-0.2, 0) is 30.1 Å². The van der Waals surface area contributed by atoms with Crippen LogP contribution in [0, 0.1) is 17.5 Å². The summed E-state index contributed by atoms with van der Waals surface area (Å²) < 4.78 is 110. The van der Waals surface area contributed by atoms with E-state index in [0.29, 0.717) is 17.7 Å². The van der Waals surface area contributed by atoms with Gasteiger partial charge in [-0.05, 0) is 89.8 Å². The van der Waals surface area contributed by atoms with Crippen LogP contribution in [0.5, 0.6) is 0 Å². The highest BCUT2D eigenvalue weighted by Gasteiger charge is 2.49. The monoisotopic (exact) mass is 590 g/mol. The van der Waals surface area contributed by atoms with Crippen molar-refractivity contribution in [1.29, 1.82) is 0 Å². The maximum absolute atomic E-state index is 14.9. The molecule has 0 aromatic heterocycles. The van der Waals surface area contributed by atoms with Crippen LogP contribution in [0.1, 0.15) is 35.6 Å². The molecule has 4 rings (SSSR count). The topological polar surface area (TPSA) is 9.23 Å². The lowest BCUT2D eigenvalue weighted by Gasteiger charge is -2.20. The first-order valence-corrected chi connectivity index (χ1v) is 13.1. The van der Waals surface area contributed by atoms with Crippen LogP contribution in [0.3, 0.4) is 0 Å². The van der Waals surface area contributed by atoms with Crippen LogP contribution in [-0.4, -0.2) is 6.36 Å². The van der Waals surface area contributed by atoms with E-state index in [4.69, 9.17) is 0 Å². The fraction of sp³-hybridized carbons (Fsp3) is 0.212. The first-order valence-electron chi connectivity index (χ1n) is 13.1. The van der Waals surface area contributed by atoms with E-state index >= 15 is 0 Å². The molecule has 42 heavy (non-hydrogen) atoms. The lowest BCUT2D eigenvalue weighted by Crippen LogP contribution is -2.29. The van der Waals surface area contributed by atoms with Gasteiger partial charge >= 0.3 is 12.5 Å². The molecular formula is C33H26F8O. The number of aryl methyl sites for hydroxylation is 3. The van der Waals surface area contributed by atoms with Crippen LogP contribution in [0.25, 0.3) is 22.3 Å². The van der Waals surface area contributed by atoms with E-state index < -0.39 is 35.5 Å². The molecule has 0 saturated carbocycles. The second kappa shape index (κ2) is 12.9. The van der Waals surface area contributed by atoms with Gasteiger partial charge in [-0.3, -0.25) is 0 Å². The van der Waals surface area contributed by atoms with Crippen LogP contribution < -0.4 is 0 Å². The first kappa shape index (κ1) is 31.0. The van der Waals surface area contributed by atoms with Crippen molar-refractivity contribution < 1.29 is 39.9 Å². The van der Waals surface area contributed by atoms with Crippen LogP contribution in [0.15, 0.2) is 91.0 Å². The van der Waals surface area contributed by atoms with Crippen molar-refractivity contribution in [2.24, 2.45) is 0 Å². The Morgan fingerprint density at radius 2 is 1.12 bits per heavy atom. The minimum Gasteiger partial charge on any atom is -0.222 e. The molecule has 0 aliphatic heterocycles. The molecule has 9 heteroatoms. The summed E-state index contributed by atoms with van der Waals surface area (Å²) in [7, 11) is 0. The Bertz CT molecular complexity index is 1520. The summed E-state index contributed by atoms with van der Waals surface area (Å²) in [6.45, 7) is 1.99. The van der Waals surface area contributed by atoms with Gasteiger partial charge in [0, 0.05) is 0 Å². The summed E-state index contributed by atoms with van der Waals surface area (Å²) in [4.78, 5) is 0. The van der Waals surface area contributed by atoms with E-state index in [1.54, 1.807) is 6.07 Å². The Balaban J connectivity index is 1.42. The molecule has 0 saturated heterocycles. The third-order valence-electron chi connectivity index (χ3n) is 6.71. The average molecular weight is 591 g/mol. The zero-order valence-electron chi connectivity index (χ0n) is 22.4. The number of allylic oxidation sites excluding steroid dienone is 2. The van der Waals surface area contributed by atoms with Crippen molar-refractivity contribution in [3.63, 3.8) is 0 Å². The van der Waals surface area contributed by atoms with E-state index in [2.05, 4.69) is 35.1 Å². The average Bonchev–Trinajstić information content (AvgIpc) is 2.91. The lowest BCUT2D eigenvalue weighted by atomic mass is 9.97. The van der Waals surface area contributed by atoms with Crippen molar-refractivity contribution in [3.8, 4) is 22.3 Å². The third-order valence-corrected chi connectivity index (χ3v) is 6.71. The van der Waals surface area contributed by atoms with Gasteiger partial charge in [-0.1, -0.05) is 72.8 Å². The van der Waals surface area contributed by atoms with Gasteiger partial charge in [-0.15, -0.1) is 13.2 Å². The molecule has 1 nitrogen and oxygen atoms in total. The fourth-order valence-electron chi connectivity index (χ4n) is 4.59. The Hall–Kier alpha value is -3.98. The van der Waals surface area contributed by atoms with Crippen LogP contribution in [0.4, 0.5) is 35.1 Å². The first-order chi connectivity index (χ1) is 19.9.